The van der Waals surface area contributed by atoms with Crippen LogP contribution in [0.3, 0.4) is 0 Å². The van der Waals surface area contributed by atoms with Gasteiger partial charge in [-0.05, 0) is 79.7 Å². The summed E-state index contributed by atoms with van der Waals surface area (Å²) in [6.45, 7) is 4.68. The second-order valence-electron chi connectivity index (χ2n) is 7.85. The van der Waals surface area contributed by atoms with Gasteiger partial charge in [-0.15, -0.1) is 0 Å². The molecule has 0 aromatic heterocycles. The van der Waals surface area contributed by atoms with Gasteiger partial charge in [-0.1, -0.05) is 29.8 Å². The molecule has 3 aromatic carbocycles. The van der Waals surface area contributed by atoms with Crippen LogP contribution in [0.1, 0.15) is 30.5 Å². The zero-order chi connectivity index (χ0) is 26.4. The number of amides is 1. The van der Waals surface area contributed by atoms with Crippen LogP contribution in [0.2, 0.25) is 5.02 Å². The summed E-state index contributed by atoms with van der Waals surface area (Å²) in [5, 5.41) is 10.2. The number of amidine groups is 1. The average molecular weight is 536 g/mol. The molecule has 9 heteroatoms. The summed E-state index contributed by atoms with van der Waals surface area (Å²) in [6, 6.07) is 18.6. The molecule has 0 aliphatic carbocycles. The molecular weight excluding hydrogens is 513 g/mol. The van der Waals surface area contributed by atoms with E-state index in [1.54, 1.807) is 47.4 Å². The third-order valence-corrected chi connectivity index (χ3v) is 6.68. The van der Waals surface area contributed by atoms with E-state index >= 15 is 0 Å². The highest BCUT2D eigenvalue weighted by molar-refractivity contribution is 8.18. The fraction of sp³-hybridized carbons (Fsp3) is 0.179. The van der Waals surface area contributed by atoms with Crippen molar-refractivity contribution in [3.63, 3.8) is 0 Å². The Morgan fingerprint density at radius 3 is 2.59 bits per heavy atom. The van der Waals surface area contributed by atoms with Gasteiger partial charge in [0.1, 0.15) is 12.4 Å². The van der Waals surface area contributed by atoms with Gasteiger partial charge in [0.25, 0.3) is 5.91 Å². The molecule has 1 aliphatic heterocycles. The molecule has 0 atom stereocenters. The molecule has 1 fully saturated rings. The summed E-state index contributed by atoms with van der Waals surface area (Å²) in [7, 11) is 0. The second-order valence-corrected chi connectivity index (χ2v) is 9.27. The lowest BCUT2D eigenvalue weighted by Crippen LogP contribution is -2.28. The van der Waals surface area contributed by atoms with Crippen molar-refractivity contribution in [2.45, 2.75) is 20.5 Å². The second kappa shape index (κ2) is 12.0. The van der Waals surface area contributed by atoms with E-state index in [1.165, 1.54) is 23.9 Å². The lowest BCUT2D eigenvalue weighted by Gasteiger charge is -2.15. The number of likely N-dealkylation sites (N-methyl/N-ethyl adjacent to an activating group) is 1. The fourth-order valence-corrected chi connectivity index (χ4v) is 4.96. The maximum atomic E-state index is 13.3. The standard InChI is InChI=1S/C28H23ClFN3O3S/c1-3-33-27(34)25(37-28(33)32-22-11-9-21(30)10-12-22)15-18-13-23(29)26(24(14-18)35-4-2)36-17-20-8-6-5-7-19(20)16-31/h5-15H,3-4,17H2,1-2H3/b25-15+,32-28?. The van der Waals surface area contributed by atoms with Crippen molar-refractivity contribution < 1.29 is 18.7 Å². The van der Waals surface area contributed by atoms with E-state index in [2.05, 4.69) is 11.1 Å². The van der Waals surface area contributed by atoms with Crippen molar-refractivity contribution in [1.82, 2.24) is 4.90 Å². The number of nitriles is 1. The molecule has 6 nitrogen and oxygen atoms in total. The van der Waals surface area contributed by atoms with Crippen molar-refractivity contribution in [3.8, 4) is 17.6 Å². The number of rotatable bonds is 8. The van der Waals surface area contributed by atoms with E-state index in [1.807, 2.05) is 26.0 Å². The molecule has 0 N–H and O–H groups in total. The predicted molar refractivity (Wildman–Crippen MR) is 145 cm³/mol. The quantitative estimate of drug-likeness (QED) is 0.292. The Kier molecular flexibility index (Phi) is 8.49. The first-order chi connectivity index (χ1) is 17.9. The molecule has 1 heterocycles. The number of carbonyl (C=O) groups is 1. The number of aliphatic imine (C=N–C) groups is 1. The third kappa shape index (κ3) is 6.13. The normalized spacial score (nSPS) is 15.3. The van der Waals surface area contributed by atoms with Gasteiger partial charge in [-0.25, -0.2) is 9.38 Å². The largest absolute Gasteiger partial charge is 0.490 e. The lowest BCUT2D eigenvalue weighted by atomic mass is 10.1. The minimum atomic E-state index is -0.351. The number of hydrogen-bond donors (Lipinski definition) is 0. The summed E-state index contributed by atoms with van der Waals surface area (Å²) in [6.07, 6.45) is 1.73. The number of nitrogens with zero attached hydrogens (tertiary/aromatic N) is 3. The zero-order valence-electron chi connectivity index (χ0n) is 20.2. The molecule has 4 rings (SSSR count). The number of thioether (sulfide) groups is 1. The molecule has 0 unspecified atom stereocenters. The maximum absolute atomic E-state index is 13.3. The van der Waals surface area contributed by atoms with Gasteiger partial charge in [0.05, 0.1) is 33.9 Å². The number of hydrogen-bond acceptors (Lipinski definition) is 6. The van der Waals surface area contributed by atoms with Crippen molar-refractivity contribution in [1.29, 1.82) is 5.26 Å². The summed E-state index contributed by atoms with van der Waals surface area (Å²) in [5.41, 5.74) is 2.47. The SMILES string of the molecule is CCOc1cc(/C=C2/SC(=Nc3ccc(F)cc3)N(CC)C2=O)cc(Cl)c1OCc1ccccc1C#N. The van der Waals surface area contributed by atoms with Crippen molar-refractivity contribution in [2.75, 3.05) is 13.2 Å². The molecule has 1 amide bonds. The van der Waals surface area contributed by atoms with Gasteiger partial charge in [0.15, 0.2) is 16.7 Å². The molecule has 1 saturated heterocycles. The number of benzene rings is 3. The fourth-order valence-electron chi connectivity index (χ4n) is 3.63. The highest BCUT2D eigenvalue weighted by atomic mass is 35.5. The van der Waals surface area contributed by atoms with Crippen LogP contribution in [0.15, 0.2) is 70.6 Å². The Bertz CT molecular complexity index is 1420. The minimum absolute atomic E-state index is 0.146. The van der Waals surface area contributed by atoms with Crippen molar-refractivity contribution >= 4 is 46.2 Å². The van der Waals surface area contributed by atoms with Crippen LogP contribution in [-0.4, -0.2) is 29.1 Å². The van der Waals surface area contributed by atoms with Crippen molar-refractivity contribution in [2.24, 2.45) is 4.99 Å². The summed E-state index contributed by atoms with van der Waals surface area (Å²) < 4.78 is 25.0. The number of carbonyl (C=O) groups excluding carboxylic acids is 1. The maximum Gasteiger partial charge on any atom is 0.266 e. The van der Waals surface area contributed by atoms with Gasteiger partial charge in [-0.3, -0.25) is 9.69 Å². The van der Waals surface area contributed by atoms with Gasteiger partial charge in [0, 0.05) is 12.1 Å². The topological polar surface area (TPSA) is 74.9 Å². The molecule has 3 aromatic rings. The Labute approximate surface area is 224 Å². The van der Waals surface area contributed by atoms with E-state index in [4.69, 9.17) is 21.1 Å². The number of halogens is 2. The van der Waals surface area contributed by atoms with Crippen molar-refractivity contribution in [3.05, 3.63) is 93.1 Å². The monoisotopic (exact) mass is 535 g/mol. The predicted octanol–water partition coefficient (Wildman–Crippen LogP) is 6.95. The summed E-state index contributed by atoms with van der Waals surface area (Å²) in [5.74, 6) is 0.253. The van der Waals surface area contributed by atoms with Crippen LogP contribution < -0.4 is 9.47 Å². The molecule has 0 radical (unpaired) electrons. The van der Waals surface area contributed by atoms with Crippen LogP contribution in [0, 0.1) is 17.1 Å². The van der Waals surface area contributed by atoms with E-state index < -0.39 is 0 Å². The Morgan fingerprint density at radius 2 is 1.89 bits per heavy atom. The molecule has 0 bridgehead atoms. The van der Waals surface area contributed by atoms with E-state index in [9.17, 15) is 14.4 Å². The molecule has 188 valence electrons. The smallest absolute Gasteiger partial charge is 0.266 e. The van der Waals surface area contributed by atoms with E-state index in [0.29, 0.717) is 56.6 Å². The van der Waals surface area contributed by atoms with Gasteiger partial charge >= 0.3 is 0 Å². The molecule has 1 aliphatic rings. The Morgan fingerprint density at radius 1 is 1.14 bits per heavy atom. The first-order valence-electron chi connectivity index (χ1n) is 11.6. The van der Waals surface area contributed by atoms with Gasteiger partial charge in [0.2, 0.25) is 0 Å². The molecule has 37 heavy (non-hydrogen) atoms. The first kappa shape index (κ1) is 26.3. The van der Waals surface area contributed by atoms with Crippen LogP contribution in [-0.2, 0) is 11.4 Å². The Hall–Kier alpha value is -3.80. The van der Waals surface area contributed by atoms with E-state index in [0.717, 1.165) is 5.56 Å². The van der Waals surface area contributed by atoms with Crippen LogP contribution >= 0.6 is 23.4 Å². The van der Waals surface area contributed by atoms with Crippen LogP contribution in [0.5, 0.6) is 11.5 Å². The molecule has 0 spiro atoms. The summed E-state index contributed by atoms with van der Waals surface area (Å²) >= 11 is 7.82. The summed E-state index contributed by atoms with van der Waals surface area (Å²) in [4.78, 5) is 19.6. The van der Waals surface area contributed by atoms with Crippen LogP contribution in [0.4, 0.5) is 10.1 Å². The van der Waals surface area contributed by atoms with Gasteiger partial charge in [-0.2, -0.15) is 5.26 Å². The zero-order valence-corrected chi connectivity index (χ0v) is 21.8. The van der Waals surface area contributed by atoms with Gasteiger partial charge < -0.3 is 9.47 Å². The number of ether oxygens (including phenoxy) is 2. The Balaban J connectivity index is 1.62. The minimum Gasteiger partial charge on any atom is -0.490 e. The lowest BCUT2D eigenvalue weighted by molar-refractivity contribution is -0.122. The van der Waals surface area contributed by atoms with Crippen LogP contribution in [0.25, 0.3) is 6.08 Å². The highest BCUT2D eigenvalue weighted by Crippen LogP contribution is 2.40. The highest BCUT2D eigenvalue weighted by Gasteiger charge is 2.32. The third-order valence-electron chi connectivity index (χ3n) is 5.39. The molecular formula is C28H23ClFN3O3S. The average Bonchev–Trinajstić information content (AvgIpc) is 3.18. The molecule has 0 saturated carbocycles. The van der Waals surface area contributed by atoms with E-state index in [-0.39, 0.29) is 18.3 Å². The first-order valence-corrected chi connectivity index (χ1v) is 12.8.